The number of nitrogens with zero attached hydrogens (tertiary/aromatic N) is 3. The molecule has 0 atom stereocenters. The lowest BCUT2D eigenvalue weighted by molar-refractivity contribution is -0.530. The highest BCUT2D eigenvalue weighted by Gasteiger charge is 2.48. The summed E-state index contributed by atoms with van der Waals surface area (Å²) in [6.07, 6.45) is 1.75. The number of carbonyl (C=O) groups excluding carboxylic acids is 1. The Morgan fingerprint density at radius 2 is 1.53 bits per heavy atom. The van der Waals surface area contributed by atoms with Gasteiger partial charge in [-0.15, -0.1) is 0 Å². The summed E-state index contributed by atoms with van der Waals surface area (Å²) >= 11 is 0. The monoisotopic (exact) mass is 399 g/mol. The van der Waals surface area contributed by atoms with Crippen LogP contribution in [0.1, 0.15) is 29.8 Å². The first kappa shape index (κ1) is 20.8. The minimum atomic E-state index is -0.896. The van der Waals surface area contributed by atoms with Gasteiger partial charge in [-0.2, -0.15) is 15.7 Å². The molecule has 0 saturated heterocycles. The average Bonchev–Trinajstić information content (AvgIpc) is 3.05. The van der Waals surface area contributed by atoms with E-state index in [1.807, 2.05) is 37.9 Å². The molecule has 3 rings (SSSR count). The number of hydrogen-bond acceptors (Lipinski definition) is 4. The highest BCUT2D eigenvalue weighted by molar-refractivity contribution is 6.18. The SMILES string of the molecule is COc1ccc(C(=O)C2=CC(c3ccc(OC)cc3)=[N+](C(=C=[N-])C#N)C2(C)C)cc1. The van der Waals surface area contributed by atoms with Crippen molar-refractivity contribution in [1.29, 1.82) is 5.26 Å². The van der Waals surface area contributed by atoms with E-state index < -0.39 is 5.54 Å². The molecule has 0 aliphatic carbocycles. The summed E-state index contributed by atoms with van der Waals surface area (Å²) in [7, 11) is 3.14. The molecule has 6 nitrogen and oxygen atoms in total. The van der Waals surface area contributed by atoms with Crippen LogP contribution in [0.25, 0.3) is 5.41 Å². The molecule has 0 unspecified atom stereocenters. The van der Waals surface area contributed by atoms with E-state index in [4.69, 9.17) is 9.47 Å². The highest BCUT2D eigenvalue weighted by atomic mass is 16.5. The van der Waals surface area contributed by atoms with Gasteiger partial charge in [0.05, 0.1) is 19.8 Å². The molecule has 0 aromatic heterocycles. The minimum absolute atomic E-state index is 0.0837. The van der Waals surface area contributed by atoms with Gasteiger partial charge < -0.3 is 14.9 Å². The number of allylic oxidation sites excluding steroid dienone is 2. The van der Waals surface area contributed by atoms with Crippen molar-refractivity contribution >= 4 is 17.4 Å². The van der Waals surface area contributed by atoms with Crippen LogP contribution < -0.4 is 9.47 Å². The van der Waals surface area contributed by atoms with Gasteiger partial charge in [-0.3, -0.25) is 4.79 Å². The molecule has 0 saturated carbocycles. The maximum Gasteiger partial charge on any atom is 0.305 e. The van der Waals surface area contributed by atoms with Crippen molar-refractivity contribution in [2.24, 2.45) is 0 Å². The highest BCUT2D eigenvalue weighted by Crippen LogP contribution is 2.33. The molecule has 2 aromatic carbocycles. The number of nitriles is 1. The molecule has 1 aliphatic rings. The Bertz CT molecular complexity index is 1140. The van der Waals surface area contributed by atoms with E-state index >= 15 is 0 Å². The molecule has 6 heteroatoms. The standard InChI is InChI=1S/C24H21N3O3/c1-24(2)21(23(28)17-7-11-20(30-4)12-8-17)13-22(27(24)18(14-25)15-26)16-5-9-19(29-3)10-6-16/h5-13H,1-4H3. The maximum absolute atomic E-state index is 13.3. The van der Waals surface area contributed by atoms with Gasteiger partial charge in [-0.05, 0) is 48.5 Å². The lowest BCUT2D eigenvalue weighted by Gasteiger charge is -2.20. The van der Waals surface area contributed by atoms with Crippen LogP contribution in [0, 0.1) is 11.3 Å². The first-order valence-corrected chi connectivity index (χ1v) is 9.27. The van der Waals surface area contributed by atoms with Gasteiger partial charge in [0.1, 0.15) is 11.5 Å². The van der Waals surface area contributed by atoms with Gasteiger partial charge >= 0.3 is 5.70 Å². The molecule has 0 spiro atoms. The third-order valence-corrected chi connectivity index (χ3v) is 5.16. The van der Waals surface area contributed by atoms with Gasteiger partial charge in [0.25, 0.3) is 0 Å². The molecule has 150 valence electrons. The number of Topliss-reactive ketones (excluding diaryl/α,β-unsaturated/α-hetero) is 1. The number of rotatable bonds is 6. The summed E-state index contributed by atoms with van der Waals surface area (Å²) in [5, 5.41) is 19.1. The van der Waals surface area contributed by atoms with E-state index in [0.29, 0.717) is 28.3 Å². The van der Waals surface area contributed by atoms with Gasteiger partial charge in [-0.25, -0.2) is 0 Å². The maximum atomic E-state index is 13.3. The summed E-state index contributed by atoms with van der Waals surface area (Å²) in [5.41, 5.74) is 1.39. The Balaban J connectivity index is 2.15. The van der Waals surface area contributed by atoms with Crippen LogP contribution in [0.3, 0.4) is 0 Å². The summed E-state index contributed by atoms with van der Waals surface area (Å²) in [4.78, 5) is 13.3. The first-order chi connectivity index (χ1) is 14.4. The predicted octanol–water partition coefficient (Wildman–Crippen LogP) is 3.75. The van der Waals surface area contributed by atoms with Crippen molar-refractivity contribution in [3.05, 3.63) is 82.4 Å². The van der Waals surface area contributed by atoms with Gasteiger partial charge in [-0.1, -0.05) is 0 Å². The molecule has 0 N–H and O–H groups in total. The van der Waals surface area contributed by atoms with E-state index in [1.165, 1.54) is 0 Å². The minimum Gasteiger partial charge on any atom is -0.757 e. The smallest absolute Gasteiger partial charge is 0.305 e. The Morgan fingerprint density at radius 3 is 2.00 bits per heavy atom. The number of ketones is 1. The van der Waals surface area contributed by atoms with Crippen molar-refractivity contribution < 1.29 is 18.8 Å². The largest absolute Gasteiger partial charge is 0.757 e. The predicted molar refractivity (Wildman–Crippen MR) is 114 cm³/mol. The van der Waals surface area contributed by atoms with Crippen molar-refractivity contribution in [3.63, 3.8) is 0 Å². The summed E-state index contributed by atoms with van der Waals surface area (Å²) < 4.78 is 12.0. The van der Waals surface area contributed by atoms with E-state index in [9.17, 15) is 15.5 Å². The fourth-order valence-corrected chi connectivity index (χ4v) is 3.54. The third-order valence-electron chi connectivity index (χ3n) is 5.16. The fourth-order valence-electron chi connectivity index (χ4n) is 3.54. The van der Waals surface area contributed by atoms with Crippen LogP contribution >= 0.6 is 0 Å². The second-order valence-electron chi connectivity index (χ2n) is 7.20. The molecule has 0 amide bonds. The molecular weight excluding hydrogens is 378 g/mol. The van der Waals surface area contributed by atoms with E-state index in [1.54, 1.807) is 61.3 Å². The first-order valence-electron chi connectivity index (χ1n) is 9.27. The summed E-state index contributed by atoms with van der Waals surface area (Å²) in [6, 6.07) is 16.1. The Hall–Kier alpha value is -3.94. The van der Waals surface area contributed by atoms with Gasteiger partial charge in [0, 0.05) is 31.1 Å². The zero-order valence-corrected chi connectivity index (χ0v) is 17.3. The summed E-state index contributed by atoms with van der Waals surface area (Å²) in [6.45, 7) is 3.65. The van der Waals surface area contributed by atoms with E-state index in [0.717, 1.165) is 5.56 Å². The van der Waals surface area contributed by atoms with Crippen LogP contribution in [0.2, 0.25) is 0 Å². The van der Waals surface area contributed by atoms with Gasteiger partial charge in [0.2, 0.25) is 5.71 Å². The average molecular weight is 399 g/mol. The molecule has 1 aliphatic heterocycles. The lowest BCUT2D eigenvalue weighted by Crippen LogP contribution is -2.39. The fraction of sp³-hybridized carbons (Fsp3) is 0.208. The van der Waals surface area contributed by atoms with Crippen LogP contribution in [-0.2, 0) is 0 Å². The van der Waals surface area contributed by atoms with Crippen LogP contribution in [0.4, 0.5) is 0 Å². The van der Waals surface area contributed by atoms with Gasteiger partial charge in [0.15, 0.2) is 17.4 Å². The van der Waals surface area contributed by atoms with Crippen molar-refractivity contribution in [2.45, 2.75) is 19.4 Å². The van der Waals surface area contributed by atoms with E-state index in [2.05, 4.69) is 0 Å². The molecular formula is C24H21N3O3. The molecule has 30 heavy (non-hydrogen) atoms. The lowest BCUT2D eigenvalue weighted by atomic mass is 9.88. The van der Waals surface area contributed by atoms with Crippen molar-refractivity contribution in [2.75, 3.05) is 14.2 Å². The van der Waals surface area contributed by atoms with E-state index in [-0.39, 0.29) is 11.5 Å². The molecule has 0 fully saturated rings. The third kappa shape index (κ3) is 3.55. The van der Waals surface area contributed by atoms with Crippen LogP contribution in [0.5, 0.6) is 11.5 Å². The summed E-state index contributed by atoms with van der Waals surface area (Å²) in [5.74, 6) is 3.13. The number of ether oxygens (including phenoxy) is 2. The van der Waals surface area contributed by atoms with Crippen LogP contribution in [-0.4, -0.2) is 41.7 Å². The topological polar surface area (TPSA) is 84.6 Å². The number of carbonyl (C=O) groups is 1. The number of hydrogen-bond donors (Lipinski definition) is 0. The normalized spacial score (nSPS) is 14.4. The zero-order valence-electron chi connectivity index (χ0n) is 17.3. The number of benzene rings is 2. The van der Waals surface area contributed by atoms with Crippen LogP contribution in [0.15, 0.2) is 65.9 Å². The Labute approximate surface area is 175 Å². The second-order valence-corrected chi connectivity index (χ2v) is 7.20. The quantitative estimate of drug-likeness (QED) is 0.320. The Kier molecular flexibility index (Phi) is 5.68. The van der Waals surface area contributed by atoms with Crippen molar-refractivity contribution in [1.82, 2.24) is 0 Å². The number of methoxy groups -OCH3 is 2. The van der Waals surface area contributed by atoms with Crippen molar-refractivity contribution in [3.8, 4) is 17.6 Å². The zero-order chi connectivity index (χ0) is 21.9. The second kappa shape index (κ2) is 8.20. The Morgan fingerprint density at radius 1 is 1.00 bits per heavy atom. The molecule has 0 radical (unpaired) electrons. The molecule has 2 aromatic rings. The molecule has 1 heterocycles. The molecule has 0 bridgehead atoms.